The first-order chi connectivity index (χ1) is 24.0. The van der Waals surface area contributed by atoms with Crippen LogP contribution in [0.2, 0.25) is 0 Å². The summed E-state index contributed by atoms with van der Waals surface area (Å²) in [6.45, 7) is 4.52. The van der Waals surface area contributed by atoms with Crippen LogP contribution in [0.15, 0.2) is 133 Å². The third-order valence-corrected chi connectivity index (χ3v) is 11.3. The maximum absolute atomic E-state index is 9.54. The van der Waals surface area contributed by atoms with Crippen molar-refractivity contribution < 1.29 is 0 Å². The van der Waals surface area contributed by atoms with E-state index in [-0.39, 0.29) is 5.41 Å². The van der Waals surface area contributed by atoms with Crippen molar-refractivity contribution in [3.8, 4) is 50.7 Å². The number of fused-ring (bicyclic) bond motifs is 10. The van der Waals surface area contributed by atoms with Gasteiger partial charge in [-0.25, -0.2) is 9.97 Å². The number of pyridine rings is 1. The lowest BCUT2D eigenvalue weighted by Gasteiger charge is -2.22. The Morgan fingerprint density at radius 3 is 2.12 bits per heavy atom. The van der Waals surface area contributed by atoms with E-state index in [1.54, 1.807) is 11.3 Å². The van der Waals surface area contributed by atoms with Crippen molar-refractivity contribution in [3.05, 3.63) is 150 Å². The topological polar surface area (TPSA) is 54.0 Å². The fraction of sp³-hybridized carbons (Fsp3) is 0.0682. The average Bonchev–Trinajstić information content (AvgIpc) is 3.77. The molecule has 0 saturated carbocycles. The van der Waals surface area contributed by atoms with Crippen LogP contribution in [0.1, 0.15) is 30.5 Å². The molecule has 4 nitrogen and oxygen atoms in total. The van der Waals surface area contributed by atoms with Crippen molar-refractivity contribution >= 4 is 48.5 Å². The van der Waals surface area contributed by atoms with Gasteiger partial charge in [0, 0.05) is 16.4 Å². The molecule has 0 bridgehead atoms. The highest BCUT2D eigenvalue weighted by molar-refractivity contribution is 7.23. The van der Waals surface area contributed by atoms with Crippen LogP contribution in [0.4, 0.5) is 0 Å². The Morgan fingerprint density at radius 1 is 0.633 bits per heavy atom. The van der Waals surface area contributed by atoms with Crippen LogP contribution >= 0.6 is 11.3 Å². The summed E-state index contributed by atoms with van der Waals surface area (Å²) in [4.78, 5) is 11.4. The van der Waals surface area contributed by atoms with Crippen LogP contribution in [-0.4, -0.2) is 14.4 Å². The van der Waals surface area contributed by atoms with E-state index in [1.165, 1.54) is 38.1 Å². The van der Waals surface area contributed by atoms with Gasteiger partial charge in [-0.3, -0.25) is 4.40 Å². The van der Waals surface area contributed by atoms with Gasteiger partial charge >= 0.3 is 0 Å². The molecule has 0 amide bonds. The highest BCUT2D eigenvalue weighted by Gasteiger charge is 2.35. The maximum atomic E-state index is 9.54. The van der Waals surface area contributed by atoms with Crippen LogP contribution in [-0.2, 0) is 5.41 Å². The lowest BCUT2D eigenvalue weighted by molar-refractivity contribution is 0.660. The number of thiazole rings is 1. The van der Waals surface area contributed by atoms with Gasteiger partial charge in [-0.1, -0.05) is 116 Å². The van der Waals surface area contributed by atoms with Gasteiger partial charge in [-0.2, -0.15) is 5.26 Å². The summed E-state index contributed by atoms with van der Waals surface area (Å²) in [5.41, 5.74) is 16.3. The largest absolute Gasteiger partial charge is 0.281 e. The molecule has 3 heterocycles. The monoisotopic (exact) mass is 644 g/mol. The molecule has 1 aliphatic carbocycles. The predicted molar refractivity (Wildman–Crippen MR) is 202 cm³/mol. The smallest absolute Gasteiger partial charge is 0.195 e. The number of hydrogen-bond donors (Lipinski definition) is 0. The molecule has 0 fully saturated rings. The van der Waals surface area contributed by atoms with E-state index in [4.69, 9.17) is 9.97 Å². The fourth-order valence-corrected chi connectivity index (χ4v) is 8.77. The van der Waals surface area contributed by atoms with Gasteiger partial charge in [0.15, 0.2) is 4.96 Å². The Balaban J connectivity index is 1.12. The first-order valence-corrected chi connectivity index (χ1v) is 17.3. The second-order valence-electron chi connectivity index (χ2n) is 13.4. The lowest BCUT2D eigenvalue weighted by atomic mass is 9.81. The SMILES string of the molecule is CC1(C)c2cc(C#N)ccc2-c2ccc(-c3cccc(-c4ccc5sc6nc7c8ccccc8nc(-c8ccccc8)c7n6c5c4)c3)cc21. The first-order valence-electron chi connectivity index (χ1n) is 16.5. The summed E-state index contributed by atoms with van der Waals surface area (Å²) in [6.07, 6.45) is 0. The molecule has 9 aromatic rings. The molecule has 3 aromatic heterocycles. The Morgan fingerprint density at radius 2 is 1.31 bits per heavy atom. The highest BCUT2D eigenvalue weighted by Crippen LogP contribution is 2.50. The molecule has 0 aliphatic heterocycles. The first kappa shape index (κ1) is 28.0. The predicted octanol–water partition coefficient (Wildman–Crippen LogP) is 11.4. The van der Waals surface area contributed by atoms with Gasteiger partial charge in [0.25, 0.3) is 0 Å². The van der Waals surface area contributed by atoms with E-state index in [0.717, 1.165) is 54.8 Å². The minimum Gasteiger partial charge on any atom is -0.281 e. The van der Waals surface area contributed by atoms with Gasteiger partial charge in [-0.05, 0) is 87.0 Å². The Kier molecular flexibility index (Phi) is 5.82. The average molecular weight is 645 g/mol. The molecular weight excluding hydrogens is 617 g/mol. The van der Waals surface area contributed by atoms with Gasteiger partial charge in [0.05, 0.1) is 33.1 Å². The fourth-order valence-electron chi connectivity index (χ4n) is 7.76. The molecule has 10 rings (SSSR count). The third-order valence-electron chi connectivity index (χ3n) is 10.2. The van der Waals surface area contributed by atoms with E-state index in [9.17, 15) is 5.26 Å². The number of imidazole rings is 1. The summed E-state index contributed by atoms with van der Waals surface area (Å²) in [5.74, 6) is 0. The lowest BCUT2D eigenvalue weighted by Crippen LogP contribution is -2.15. The van der Waals surface area contributed by atoms with Crippen molar-refractivity contribution in [1.29, 1.82) is 5.26 Å². The summed E-state index contributed by atoms with van der Waals surface area (Å²) >= 11 is 1.72. The molecule has 0 atom stereocenters. The highest BCUT2D eigenvalue weighted by atomic mass is 32.1. The summed E-state index contributed by atoms with van der Waals surface area (Å²) in [5, 5.41) is 10.6. The maximum Gasteiger partial charge on any atom is 0.195 e. The van der Waals surface area contributed by atoms with Crippen LogP contribution in [0.3, 0.4) is 0 Å². The number of para-hydroxylation sites is 1. The van der Waals surface area contributed by atoms with E-state index >= 15 is 0 Å². The van der Waals surface area contributed by atoms with Crippen molar-refractivity contribution in [2.75, 3.05) is 0 Å². The van der Waals surface area contributed by atoms with Crippen molar-refractivity contribution in [2.45, 2.75) is 19.3 Å². The summed E-state index contributed by atoms with van der Waals surface area (Å²) in [6, 6.07) is 49.5. The van der Waals surface area contributed by atoms with Gasteiger partial charge in [0.2, 0.25) is 0 Å². The number of aromatic nitrogens is 3. The number of nitriles is 1. The normalized spacial score (nSPS) is 13.2. The van der Waals surface area contributed by atoms with E-state index in [1.807, 2.05) is 18.2 Å². The number of nitrogens with zero attached hydrogens (tertiary/aromatic N) is 4. The molecule has 0 saturated heterocycles. The van der Waals surface area contributed by atoms with E-state index < -0.39 is 0 Å². The van der Waals surface area contributed by atoms with Crippen LogP contribution in [0, 0.1) is 11.3 Å². The Labute approximate surface area is 287 Å². The second-order valence-corrected chi connectivity index (χ2v) is 14.4. The third kappa shape index (κ3) is 4.08. The molecule has 0 unspecified atom stereocenters. The molecule has 0 spiro atoms. The molecular formula is C44H28N4S. The van der Waals surface area contributed by atoms with Crippen LogP contribution < -0.4 is 0 Å². The zero-order valence-corrected chi connectivity index (χ0v) is 27.7. The minimum atomic E-state index is -0.188. The zero-order chi connectivity index (χ0) is 32.9. The molecule has 5 heteroatoms. The van der Waals surface area contributed by atoms with Crippen molar-refractivity contribution in [3.63, 3.8) is 0 Å². The molecule has 0 radical (unpaired) electrons. The Bertz CT molecular complexity index is 2870. The van der Waals surface area contributed by atoms with Gasteiger partial charge in [0.1, 0.15) is 11.0 Å². The quantitative estimate of drug-likeness (QED) is 0.192. The van der Waals surface area contributed by atoms with E-state index in [2.05, 4.69) is 140 Å². The van der Waals surface area contributed by atoms with Crippen LogP contribution in [0.25, 0.3) is 81.8 Å². The molecule has 0 N–H and O–H groups in total. The molecule has 49 heavy (non-hydrogen) atoms. The van der Waals surface area contributed by atoms with Crippen LogP contribution in [0.5, 0.6) is 0 Å². The minimum absolute atomic E-state index is 0.188. The molecule has 1 aliphatic rings. The Hall–Kier alpha value is -6.09. The van der Waals surface area contributed by atoms with Crippen molar-refractivity contribution in [2.24, 2.45) is 0 Å². The zero-order valence-electron chi connectivity index (χ0n) is 26.9. The second kappa shape index (κ2) is 10.2. The van der Waals surface area contributed by atoms with Crippen molar-refractivity contribution in [1.82, 2.24) is 14.4 Å². The summed E-state index contributed by atoms with van der Waals surface area (Å²) < 4.78 is 3.50. The van der Waals surface area contributed by atoms with Gasteiger partial charge in [-0.15, -0.1) is 0 Å². The number of benzene rings is 6. The number of rotatable bonds is 3. The van der Waals surface area contributed by atoms with Gasteiger partial charge < -0.3 is 0 Å². The van der Waals surface area contributed by atoms with E-state index in [0.29, 0.717) is 5.56 Å². The number of hydrogen-bond acceptors (Lipinski definition) is 4. The summed E-state index contributed by atoms with van der Waals surface area (Å²) in [7, 11) is 0. The molecule has 6 aromatic carbocycles. The standard InChI is InChI=1S/C44H28N4S/c1-44(2)35-21-26(25-45)15-18-32(35)33-19-16-30(23-36(33)44)28-11-8-12-29(22-28)31-17-20-39-38(24-31)48-42-40(27-9-4-3-5-10-27)46-37-14-7-6-13-34(37)41(42)47-43(48)49-39/h3-24H,1-2H3. The molecule has 230 valence electrons.